The van der Waals surface area contributed by atoms with Gasteiger partial charge in [-0.2, -0.15) is 0 Å². The second kappa shape index (κ2) is 11.4. The molecule has 198 valence electrons. The van der Waals surface area contributed by atoms with Crippen LogP contribution in [0.3, 0.4) is 0 Å². The molecule has 5 rings (SSSR count). The van der Waals surface area contributed by atoms with E-state index in [1.54, 1.807) is 17.8 Å². The van der Waals surface area contributed by atoms with E-state index < -0.39 is 17.6 Å². The normalized spacial score (nSPS) is 18.5. The van der Waals surface area contributed by atoms with Gasteiger partial charge in [-0.25, -0.2) is 9.37 Å². The van der Waals surface area contributed by atoms with Crippen LogP contribution in [0.2, 0.25) is 0 Å². The van der Waals surface area contributed by atoms with E-state index in [0.717, 1.165) is 29.3 Å². The molecule has 0 saturated heterocycles. The molecule has 1 saturated carbocycles. The van der Waals surface area contributed by atoms with Gasteiger partial charge in [-0.15, -0.1) is 11.8 Å². The molecule has 0 radical (unpaired) electrons. The fourth-order valence-corrected chi connectivity index (χ4v) is 5.86. The molecule has 2 amide bonds. The molecule has 0 unspecified atom stereocenters. The first-order valence-corrected chi connectivity index (χ1v) is 13.5. The number of phenols is 1. The molecule has 2 heterocycles. The molecule has 4 N–H and O–H groups in total. The third kappa shape index (κ3) is 5.92. The number of nitrogens with zero attached hydrogens (tertiary/aromatic N) is 1. The van der Waals surface area contributed by atoms with Gasteiger partial charge in [0.15, 0.2) is 0 Å². The van der Waals surface area contributed by atoms with Gasteiger partial charge in [-0.3, -0.25) is 9.59 Å². The number of aliphatic hydroxyl groups excluding tert-OH is 1. The summed E-state index contributed by atoms with van der Waals surface area (Å²) in [6.45, 7) is -0.231. The van der Waals surface area contributed by atoms with Gasteiger partial charge in [0.1, 0.15) is 22.9 Å². The van der Waals surface area contributed by atoms with E-state index in [2.05, 4.69) is 15.6 Å². The number of pyridine rings is 1. The summed E-state index contributed by atoms with van der Waals surface area (Å²) in [4.78, 5) is 30.9. The number of aromatic hydroxyl groups is 1. The Balaban J connectivity index is 1.19. The summed E-state index contributed by atoms with van der Waals surface area (Å²) < 4.78 is 19.9. The average Bonchev–Trinajstić information content (AvgIpc) is 3.39. The number of amides is 2. The summed E-state index contributed by atoms with van der Waals surface area (Å²) >= 11 is 1.75. The standard InChI is InChI=1S/C28H28FN3O5S/c29-18-12-23(28(30-14-18)37-21-7-2-17-9-10-38-25(17)13-21)27(36)32-20-5-3-19(4-6-20)31-26(35)22-11-16(15-33)1-8-24(22)34/h1-2,7-8,11-14,19-20,33-34H,3-6,9-10,15H2,(H,31,35)(H,32,36). The number of halogens is 1. The molecule has 1 aliphatic carbocycles. The molecule has 1 aliphatic heterocycles. The summed E-state index contributed by atoms with van der Waals surface area (Å²) in [5.41, 5.74) is 1.92. The lowest BCUT2D eigenvalue weighted by atomic mass is 9.90. The van der Waals surface area contributed by atoms with Gasteiger partial charge in [0.25, 0.3) is 11.8 Å². The molecule has 1 fully saturated rings. The van der Waals surface area contributed by atoms with E-state index in [0.29, 0.717) is 37.0 Å². The summed E-state index contributed by atoms with van der Waals surface area (Å²) in [5, 5.41) is 25.2. The van der Waals surface area contributed by atoms with Crippen LogP contribution < -0.4 is 15.4 Å². The van der Waals surface area contributed by atoms with Gasteiger partial charge >= 0.3 is 0 Å². The van der Waals surface area contributed by atoms with E-state index >= 15 is 0 Å². The quantitative estimate of drug-likeness (QED) is 0.354. The van der Waals surface area contributed by atoms with Crippen molar-refractivity contribution in [2.75, 3.05) is 5.75 Å². The van der Waals surface area contributed by atoms with Crippen molar-refractivity contribution in [3.8, 4) is 17.4 Å². The van der Waals surface area contributed by atoms with Crippen molar-refractivity contribution in [1.29, 1.82) is 0 Å². The molecule has 38 heavy (non-hydrogen) atoms. The van der Waals surface area contributed by atoms with Gasteiger partial charge in [0.05, 0.1) is 18.4 Å². The van der Waals surface area contributed by atoms with Crippen LogP contribution in [0.1, 0.15) is 57.5 Å². The van der Waals surface area contributed by atoms with Crippen molar-refractivity contribution in [2.24, 2.45) is 0 Å². The maximum atomic E-state index is 14.0. The van der Waals surface area contributed by atoms with Gasteiger partial charge < -0.3 is 25.6 Å². The number of hydrogen-bond donors (Lipinski definition) is 4. The highest BCUT2D eigenvalue weighted by Gasteiger charge is 2.26. The minimum absolute atomic E-state index is 0.0211. The highest BCUT2D eigenvalue weighted by molar-refractivity contribution is 7.99. The molecule has 0 bridgehead atoms. The van der Waals surface area contributed by atoms with Gasteiger partial charge in [0, 0.05) is 22.7 Å². The number of thioether (sulfide) groups is 1. The van der Waals surface area contributed by atoms with Crippen molar-refractivity contribution in [3.05, 3.63) is 76.7 Å². The van der Waals surface area contributed by atoms with E-state index in [1.807, 2.05) is 18.2 Å². The minimum Gasteiger partial charge on any atom is -0.507 e. The number of aromatic nitrogens is 1. The van der Waals surface area contributed by atoms with Crippen LogP contribution in [0.4, 0.5) is 4.39 Å². The maximum Gasteiger partial charge on any atom is 0.257 e. The lowest BCUT2D eigenvalue weighted by Gasteiger charge is -2.30. The second-order valence-corrected chi connectivity index (χ2v) is 10.6. The van der Waals surface area contributed by atoms with Crippen molar-refractivity contribution in [1.82, 2.24) is 15.6 Å². The Morgan fingerprint density at radius 2 is 1.71 bits per heavy atom. The zero-order valence-electron chi connectivity index (χ0n) is 20.6. The molecule has 2 aromatic carbocycles. The Labute approximate surface area is 223 Å². The number of benzene rings is 2. The summed E-state index contributed by atoms with van der Waals surface area (Å²) in [5.74, 6) is -0.0700. The van der Waals surface area contributed by atoms with Gasteiger partial charge in [-0.1, -0.05) is 12.1 Å². The monoisotopic (exact) mass is 537 g/mol. The van der Waals surface area contributed by atoms with Crippen LogP contribution in [0.15, 0.2) is 53.6 Å². The number of carbonyl (C=O) groups is 2. The van der Waals surface area contributed by atoms with E-state index in [4.69, 9.17) is 4.74 Å². The molecular weight excluding hydrogens is 509 g/mol. The minimum atomic E-state index is -0.632. The molecule has 1 aromatic heterocycles. The molecule has 0 spiro atoms. The number of carbonyl (C=O) groups excluding carboxylic acids is 2. The number of aryl methyl sites for hydroxylation is 1. The first kappa shape index (κ1) is 26.0. The second-order valence-electron chi connectivity index (χ2n) is 9.48. The molecule has 0 atom stereocenters. The predicted octanol–water partition coefficient (Wildman–Crippen LogP) is 4.33. The third-order valence-electron chi connectivity index (χ3n) is 6.83. The van der Waals surface area contributed by atoms with E-state index in [-0.39, 0.29) is 41.4 Å². The molecule has 3 aromatic rings. The highest BCUT2D eigenvalue weighted by atomic mass is 32.2. The van der Waals surface area contributed by atoms with Crippen molar-refractivity contribution in [2.45, 2.75) is 55.7 Å². The Morgan fingerprint density at radius 1 is 1.00 bits per heavy atom. The third-order valence-corrected chi connectivity index (χ3v) is 7.93. The number of rotatable bonds is 7. The lowest BCUT2D eigenvalue weighted by molar-refractivity contribution is 0.0888. The van der Waals surface area contributed by atoms with Gasteiger partial charge in [-0.05, 0) is 73.6 Å². The zero-order valence-corrected chi connectivity index (χ0v) is 21.4. The Hall–Kier alpha value is -3.63. The van der Waals surface area contributed by atoms with Gasteiger partial charge in [0.2, 0.25) is 5.88 Å². The van der Waals surface area contributed by atoms with Crippen LogP contribution in [-0.4, -0.2) is 44.8 Å². The molecule has 8 nitrogen and oxygen atoms in total. The molecule has 10 heteroatoms. The van der Waals surface area contributed by atoms with Crippen molar-refractivity contribution in [3.63, 3.8) is 0 Å². The topological polar surface area (TPSA) is 121 Å². The summed E-state index contributed by atoms with van der Waals surface area (Å²) in [6.07, 6.45) is 4.49. The number of aliphatic hydroxyl groups is 1. The first-order valence-electron chi connectivity index (χ1n) is 12.5. The Bertz CT molecular complexity index is 1360. The Kier molecular flexibility index (Phi) is 7.80. The van der Waals surface area contributed by atoms with Crippen LogP contribution in [0.5, 0.6) is 17.4 Å². The molecule has 2 aliphatic rings. The number of hydrogen-bond acceptors (Lipinski definition) is 7. The highest BCUT2D eigenvalue weighted by Crippen LogP contribution is 2.35. The van der Waals surface area contributed by atoms with Crippen molar-refractivity contribution < 1.29 is 28.9 Å². The number of nitrogens with one attached hydrogen (secondary N) is 2. The summed E-state index contributed by atoms with van der Waals surface area (Å²) in [7, 11) is 0. The van der Waals surface area contributed by atoms with Crippen LogP contribution in [-0.2, 0) is 13.0 Å². The number of fused-ring (bicyclic) bond motifs is 1. The fraction of sp³-hybridized carbons (Fsp3) is 0.321. The lowest BCUT2D eigenvalue weighted by Crippen LogP contribution is -2.44. The van der Waals surface area contributed by atoms with Crippen LogP contribution in [0, 0.1) is 5.82 Å². The average molecular weight is 538 g/mol. The predicted molar refractivity (Wildman–Crippen MR) is 140 cm³/mol. The fourth-order valence-electron chi connectivity index (χ4n) is 4.76. The van der Waals surface area contributed by atoms with Crippen LogP contribution in [0.25, 0.3) is 0 Å². The number of ether oxygens (including phenoxy) is 1. The largest absolute Gasteiger partial charge is 0.507 e. The van der Waals surface area contributed by atoms with Crippen molar-refractivity contribution >= 4 is 23.6 Å². The Morgan fingerprint density at radius 3 is 2.42 bits per heavy atom. The summed E-state index contributed by atoms with van der Waals surface area (Å²) in [6, 6.07) is 11.0. The zero-order chi connectivity index (χ0) is 26.6. The maximum absolute atomic E-state index is 14.0. The van der Waals surface area contributed by atoms with E-state index in [9.17, 15) is 24.2 Å². The van der Waals surface area contributed by atoms with Crippen LogP contribution >= 0.6 is 11.8 Å². The van der Waals surface area contributed by atoms with E-state index in [1.165, 1.54) is 17.7 Å². The SMILES string of the molecule is O=C(NC1CCC(NC(=O)c2cc(F)cnc2Oc2ccc3c(c2)SCC3)CC1)c1cc(CO)ccc1O. The number of phenolic OH excluding ortho intramolecular Hbond substituents is 1. The molecular formula is C28H28FN3O5S. The first-order chi connectivity index (χ1) is 18.4. The smallest absolute Gasteiger partial charge is 0.257 e.